The lowest BCUT2D eigenvalue weighted by Gasteiger charge is -2.24. The average Bonchev–Trinajstić information content (AvgIpc) is 3.06. The van der Waals surface area contributed by atoms with E-state index >= 15 is 0 Å². The molecule has 0 bridgehead atoms. The second-order valence-corrected chi connectivity index (χ2v) is 8.03. The Balaban J connectivity index is 1.32. The Bertz CT molecular complexity index is 1080. The molecule has 3 aromatic rings. The monoisotopic (exact) mass is 422 g/mol. The highest BCUT2D eigenvalue weighted by Gasteiger charge is 2.29. The van der Waals surface area contributed by atoms with E-state index in [2.05, 4.69) is 46.2 Å². The molecule has 3 aromatic carbocycles. The van der Waals surface area contributed by atoms with E-state index in [1.165, 1.54) is 17.0 Å². The molecule has 5 nitrogen and oxygen atoms in total. The molecule has 5 rings (SSSR count). The van der Waals surface area contributed by atoms with Gasteiger partial charge in [-0.2, -0.15) is 0 Å². The fraction of sp³-hybridized carbons (Fsp3) is 0.250. The lowest BCUT2D eigenvalue weighted by atomic mass is 9.92. The number of aromatic hydroxyl groups is 1. The van der Waals surface area contributed by atoms with Gasteiger partial charge in [0.1, 0.15) is 5.69 Å². The number of hydrogen-bond donors (Lipinski definition) is 3. The van der Waals surface area contributed by atoms with Crippen LogP contribution in [0.3, 0.4) is 0 Å². The van der Waals surface area contributed by atoms with Gasteiger partial charge in [0, 0.05) is 24.8 Å². The van der Waals surface area contributed by atoms with E-state index in [0.717, 1.165) is 37.7 Å². The van der Waals surface area contributed by atoms with Crippen LogP contribution in [0.1, 0.15) is 30.7 Å². The van der Waals surface area contributed by atoms with Crippen molar-refractivity contribution in [2.45, 2.75) is 25.2 Å². The van der Waals surface area contributed by atoms with Crippen molar-refractivity contribution in [3.05, 3.63) is 77.9 Å². The Morgan fingerprint density at radius 1 is 0.903 bits per heavy atom. The van der Waals surface area contributed by atoms with Crippen molar-refractivity contribution in [1.82, 2.24) is 5.53 Å². The molecule has 1 fully saturated rings. The molecule has 0 aromatic heterocycles. The van der Waals surface area contributed by atoms with Crippen molar-refractivity contribution in [1.29, 1.82) is 0 Å². The van der Waals surface area contributed by atoms with Gasteiger partial charge < -0.3 is 15.4 Å². The molecule has 160 valence electrons. The van der Waals surface area contributed by atoms with Gasteiger partial charge in [0.05, 0.1) is 11.4 Å². The van der Waals surface area contributed by atoms with Gasteiger partial charge >= 0.3 is 0 Å². The summed E-state index contributed by atoms with van der Waals surface area (Å²) in [6.07, 6.45) is 3.41. The second-order valence-electron chi connectivity index (χ2n) is 8.03. The molecule has 2 aliphatic heterocycles. The SMILES string of the molecule is Oc1c(F)cc2c(c1F)N(c1ccc(N3CCCC(c4ccccc4)CC3)cc1)NN2. The minimum absolute atomic E-state index is 0.0622. The van der Waals surface area contributed by atoms with Gasteiger partial charge in [0.25, 0.3) is 0 Å². The number of halogens is 2. The highest BCUT2D eigenvalue weighted by Crippen LogP contribution is 2.42. The van der Waals surface area contributed by atoms with Crippen molar-refractivity contribution in [3.63, 3.8) is 0 Å². The quantitative estimate of drug-likeness (QED) is 0.492. The predicted molar refractivity (Wildman–Crippen MR) is 119 cm³/mol. The summed E-state index contributed by atoms with van der Waals surface area (Å²) in [6.45, 7) is 1.98. The molecular formula is C24H24F2N4O. The van der Waals surface area contributed by atoms with E-state index in [-0.39, 0.29) is 11.4 Å². The number of nitrogens with one attached hydrogen (secondary N) is 2. The van der Waals surface area contributed by atoms with Crippen LogP contribution < -0.4 is 20.9 Å². The number of phenolic OH excluding ortho intramolecular Hbond substituents is 1. The number of hydrazine groups is 2. The van der Waals surface area contributed by atoms with Crippen molar-refractivity contribution < 1.29 is 13.9 Å². The third-order valence-electron chi connectivity index (χ3n) is 6.17. The zero-order chi connectivity index (χ0) is 21.4. The number of nitrogens with zero attached hydrogens (tertiary/aromatic N) is 2. The summed E-state index contributed by atoms with van der Waals surface area (Å²) in [5.74, 6) is -2.41. The zero-order valence-electron chi connectivity index (χ0n) is 17.0. The molecule has 3 N–H and O–H groups in total. The molecule has 1 atom stereocenters. The van der Waals surface area contributed by atoms with Crippen LogP contribution in [0.2, 0.25) is 0 Å². The van der Waals surface area contributed by atoms with Crippen molar-refractivity contribution in [2.75, 3.05) is 28.4 Å². The molecule has 2 heterocycles. The first kappa shape index (κ1) is 19.6. The Morgan fingerprint density at radius 2 is 1.65 bits per heavy atom. The highest BCUT2D eigenvalue weighted by atomic mass is 19.1. The van der Waals surface area contributed by atoms with E-state index in [4.69, 9.17) is 0 Å². The largest absolute Gasteiger partial charge is 0.503 e. The Kier molecular flexibility index (Phi) is 5.11. The number of phenols is 1. The molecule has 0 aliphatic carbocycles. The van der Waals surface area contributed by atoms with Crippen LogP contribution in [0.5, 0.6) is 5.75 Å². The standard InChI is InChI=1S/C24H24F2N4O/c25-20-15-21-23(22(26)24(20)31)30(28-27-21)19-10-8-18(9-11-19)29-13-4-7-17(12-14-29)16-5-2-1-3-6-16/h1-3,5-6,8-11,15,17,27-28,31H,4,7,12-14H2. The first-order valence-corrected chi connectivity index (χ1v) is 10.5. The molecule has 0 saturated carbocycles. The van der Waals surface area contributed by atoms with Crippen LogP contribution in [-0.2, 0) is 0 Å². The van der Waals surface area contributed by atoms with E-state index in [1.807, 2.05) is 24.3 Å². The summed E-state index contributed by atoms with van der Waals surface area (Å²) in [7, 11) is 0. The van der Waals surface area contributed by atoms with Gasteiger partial charge in [0.2, 0.25) is 0 Å². The van der Waals surface area contributed by atoms with E-state index in [0.29, 0.717) is 11.6 Å². The molecule has 7 heteroatoms. The number of fused-ring (bicyclic) bond motifs is 1. The second kappa shape index (κ2) is 8.07. The third-order valence-corrected chi connectivity index (χ3v) is 6.17. The summed E-state index contributed by atoms with van der Waals surface area (Å²) >= 11 is 0. The van der Waals surface area contributed by atoms with Crippen LogP contribution in [0, 0.1) is 11.6 Å². The molecule has 0 radical (unpaired) electrons. The molecule has 31 heavy (non-hydrogen) atoms. The Morgan fingerprint density at radius 3 is 2.42 bits per heavy atom. The maximum atomic E-state index is 14.5. The average molecular weight is 422 g/mol. The fourth-order valence-corrected chi connectivity index (χ4v) is 4.50. The van der Waals surface area contributed by atoms with Crippen LogP contribution in [0.15, 0.2) is 60.7 Å². The normalized spacial score (nSPS) is 18.5. The molecule has 0 spiro atoms. The minimum atomic E-state index is -1.00. The first-order valence-electron chi connectivity index (χ1n) is 10.5. The lowest BCUT2D eigenvalue weighted by Crippen LogP contribution is -2.32. The van der Waals surface area contributed by atoms with Crippen LogP contribution in [0.4, 0.5) is 31.5 Å². The van der Waals surface area contributed by atoms with E-state index < -0.39 is 17.4 Å². The molecule has 1 unspecified atom stereocenters. The molecule has 1 saturated heterocycles. The van der Waals surface area contributed by atoms with Gasteiger partial charge in [-0.05, 0) is 55.0 Å². The zero-order valence-corrected chi connectivity index (χ0v) is 17.0. The van der Waals surface area contributed by atoms with Crippen LogP contribution in [-0.4, -0.2) is 18.2 Å². The number of anilines is 4. The van der Waals surface area contributed by atoms with Gasteiger partial charge in [-0.25, -0.2) is 8.78 Å². The fourth-order valence-electron chi connectivity index (χ4n) is 4.50. The topological polar surface area (TPSA) is 50.8 Å². The van der Waals surface area contributed by atoms with Gasteiger partial charge in [0.15, 0.2) is 17.4 Å². The molecule has 0 amide bonds. The van der Waals surface area contributed by atoms with E-state index in [1.54, 1.807) is 0 Å². The van der Waals surface area contributed by atoms with Crippen molar-refractivity contribution >= 4 is 22.7 Å². The summed E-state index contributed by atoms with van der Waals surface area (Å²) in [5, 5.41) is 11.1. The summed E-state index contributed by atoms with van der Waals surface area (Å²) in [6, 6.07) is 19.6. The van der Waals surface area contributed by atoms with Crippen LogP contribution >= 0.6 is 0 Å². The van der Waals surface area contributed by atoms with E-state index in [9.17, 15) is 13.9 Å². The maximum absolute atomic E-state index is 14.5. The van der Waals surface area contributed by atoms with Crippen LogP contribution in [0.25, 0.3) is 0 Å². The Labute approximate surface area is 179 Å². The third kappa shape index (κ3) is 3.65. The number of benzene rings is 3. The number of hydrogen-bond acceptors (Lipinski definition) is 5. The van der Waals surface area contributed by atoms with Crippen molar-refractivity contribution in [2.24, 2.45) is 0 Å². The minimum Gasteiger partial charge on any atom is -0.503 e. The first-order chi connectivity index (χ1) is 15.1. The van der Waals surface area contributed by atoms with Crippen molar-refractivity contribution in [3.8, 4) is 5.75 Å². The lowest BCUT2D eigenvalue weighted by molar-refractivity contribution is 0.397. The highest BCUT2D eigenvalue weighted by molar-refractivity contribution is 5.81. The van der Waals surface area contributed by atoms with Gasteiger partial charge in [-0.3, -0.25) is 5.01 Å². The Hall–Kier alpha value is -3.32. The van der Waals surface area contributed by atoms with Gasteiger partial charge in [-0.15, -0.1) is 5.53 Å². The maximum Gasteiger partial charge on any atom is 0.195 e. The summed E-state index contributed by atoms with van der Waals surface area (Å²) in [4.78, 5) is 2.39. The summed E-state index contributed by atoms with van der Waals surface area (Å²) in [5.41, 5.74) is 9.06. The summed E-state index contributed by atoms with van der Waals surface area (Å²) < 4.78 is 28.1. The smallest absolute Gasteiger partial charge is 0.195 e. The number of rotatable bonds is 3. The molecule has 2 aliphatic rings. The predicted octanol–water partition coefficient (Wildman–Crippen LogP) is 5.43. The van der Waals surface area contributed by atoms with Gasteiger partial charge in [-0.1, -0.05) is 30.3 Å². The molecular weight excluding hydrogens is 398 g/mol.